The number of hydrogen-bond donors (Lipinski definition) is 1. The summed E-state index contributed by atoms with van der Waals surface area (Å²) in [6.07, 6.45) is 6.95. The first kappa shape index (κ1) is 13.7. The van der Waals surface area contributed by atoms with Crippen molar-refractivity contribution in [1.82, 2.24) is 0 Å². The first-order valence-corrected chi connectivity index (χ1v) is 9.98. The molecule has 0 aliphatic heterocycles. The molecule has 0 saturated heterocycles. The Morgan fingerprint density at radius 1 is 1.44 bits per heavy atom. The molecule has 0 amide bonds. The van der Waals surface area contributed by atoms with E-state index in [0.717, 1.165) is 25.3 Å². The highest BCUT2D eigenvalue weighted by Gasteiger charge is 2.27. The maximum Gasteiger partial charge on any atom is 0.138 e. The summed E-state index contributed by atoms with van der Waals surface area (Å²) in [5.41, 5.74) is 0. The van der Waals surface area contributed by atoms with Crippen LogP contribution in [0.3, 0.4) is 0 Å². The quantitative estimate of drug-likeness (QED) is 0.606. The van der Waals surface area contributed by atoms with Crippen LogP contribution < -0.4 is 0 Å². The molecule has 2 nitrogen and oxygen atoms in total. The van der Waals surface area contributed by atoms with E-state index in [0.29, 0.717) is 6.42 Å². The van der Waals surface area contributed by atoms with E-state index in [2.05, 4.69) is 25.7 Å². The molecule has 0 aromatic heterocycles. The molecule has 1 saturated carbocycles. The molecule has 0 aromatic carbocycles. The first-order chi connectivity index (χ1) is 7.40. The third kappa shape index (κ3) is 4.62. The zero-order chi connectivity index (χ0) is 12.2. The van der Waals surface area contributed by atoms with E-state index in [-0.39, 0.29) is 11.7 Å². The SMILES string of the molecule is C[Si](C)(C)CC=CC(O)C1CCCCC1=O. The second kappa shape index (κ2) is 5.78. The highest BCUT2D eigenvalue weighted by molar-refractivity contribution is 6.76. The van der Waals surface area contributed by atoms with Crippen LogP contribution in [0.5, 0.6) is 0 Å². The van der Waals surface area contributed by atoms with Crippen LogP contribution in [0, 0.1) is 5.92 Å². The van der Waals surface area contributed by atoms with Gasteiger partial charge in [0.05, 0.1) is 6.10 Å². The van der Waals surface area contributed by atoms with Crippen molar-refractivity contribution in [2.75, 3.05) is 0 Å². The van der Waals surface area contributed by atoms with E-state index < -0.39 is 14.2 Å². The lowest BCUT2D eigenvalue weighted by Gasteiger charge is -2.23. The van der Waals surface area contributed by atoms with Gasteiger partial charge >= 0.3 is 0 Å². The van der Waals surface area contributed by atoms with Crippen LogP contribution in [0.1, 0.15) is 25.7 Å². The fourth-order valence-corrected chi connectivity index (χ4v) is 2.91. The van der Waals surface area contributed by atoms with Gasteiger partial charge in [-0.25, -0.2) is 0 Å². The van der Waals surface area contributed by atoms with E-state index in [1.54, 1.807) is 0 Å². The van der Waals surface area contributed by atoms with Gasteiger partial charge in [0.15, 0.2) is 0 Å². The first-order valence-electron chi connectivity index (χ1n) is 6.27. The Morgan fingerprint density at radius 3 is 2.69 bits per heavy atom. The van der Waals surface area contributed by atoms with Crippen molar-refractivity contribution in [3.63, 3.8) is 0 Å². The van der Waals surface area contributed by atoms with Crippen molar-refractivity contribution >= 4 is 13.9 Å². The normalized spacial score (nSPS) is 25.0. The van der Waals surface area contributed by atoms with E-state index in [1.165, 1.54) is 0 Å². The Hall–Kier alpha value is -0.413. The maximum atomic E-state index is 11.6. The second-order valence-electron chi connectivity index (χ2n) is 6.00. The Morgan fingerprint density at radius 2 is 2.12 bits per heavy atom. The highest BCUT2D eigenvalue weighted by Crippen LogP contribution is 2.24. The van der Waals surface area contributed by atoms with Gasteiger partial charge in [-0.15, -0.1) is 0 Å². The molecule has 1 aliphatic rings. The van der Waals surface area contributed by atoms with Crippen LogP contribution >= 0.6 is 0 Å². The van der Waals surface area contributed by atoms with Gasteiger partial charge < -0.3 is 5.11 Å². The molecule has 0 spiro atoms. The number of carbonyl (C=O) groups is 1. The van der Waals surface area contributed by atoms with Crippen LogP contribution in [-0.4, -0.2) is 25.1 Å². The van der Waals surface area contributed by atoms with Gasteiger partial charge in [-0.05, 0) is 18.9 Å². The van der Waals surface area contributed by atoms with Gasteiger partial charge in [0.2, 0.25) is 0 Å². The van der Waals surface area contributed by atoms with Crippen LogP contribution in [-0.2, 0) is 4.79 Å². The summed E-state index contributed by atoms with van der Waals surface area (Å²) >= 11 is 0. The molecule has 0 bridgehead atoms. The van der Waals surface area contributed by atoms with Crippen LogP contribution in [0.15, 0.2) is 12.2 Å². The van der Waals surface area contributed by atoms with Crippen molar-refractivity contribution in [2.45, 2.75) is 57.5 Å². The molecular formula is C13H24O2Si. The number of Topliss-reactive ketones (excluding diaryl/α,β-unsaturated/α-hetero) is 1. The standard InChI is InChI=1S/C13H24O2Si/c1-16(2,3)10-6-9-13(15)11-7-4-5-8-12(11)14/h6,9,11,13,15H,4-5,7-8,10H2,1-3H3. The molecule has 1 fully saturated rings. The van der Waals surface area contributed by atoms with E-state index >= 15 is 0 Å². The summed E-state index contributed by atoms with van der Waals surface area (Å²) in [5, 5.41) is 9.95. The third-order valence-electron chi connectivity index (χ3n) is 3.08. The van der Waals surface area contributed by atoms with Crippen LogP contribution in [0.25, 0.3) is 0 Å². The number of ketones is 1. The Labute approximate surface area is 99.8 Å². The molecule has 92 valence electrons. The summed E-state index contributed by atoms with van der Waals surface area (Å²) in [5.74, 6) is 0.114. The molecule has 3 heteroatoms. The molecule has 1 rings (SSSR count). The molecule has 0 aromatic rings. The van der Waals surface area contributed by atoms with Crippen molar-refractivity contribution < 1.29 is 9.90 Å². The summed E-state index contributed by atoms with van der Waals surface area (Å²) in [7, 11) is -1.07. The summed E-state index contributed by atoms with van der Waals surface area (Å²) in [6, 6.07) is 1.07. The van der Waals surface area contributed by atoms with E-state index in [4.69, 9.17) is 0 Å². The number of aliphatic hydroxyl groups excluding tert-OH is 1. The lowest BCUT2D eigenvalue weighted by atomic mass is 9.84. The summed E-state index contributed by atoms with van der Waals surface area (Å²) in [6.45, 7) is 6.90. The van der Waals surface area contributed by atoms with Crippen molar-refractivity contribution in [3.05, 3.63) is 12.2 Å². The predicted molar refractivity (Wildman–Crippen MR) is 70.3 cm³/mol. The van der Waals surface area contributed by atoms with Gasteiger partial charge in [-0.2, -0.15) is 0 Å². The molecule has 1 N–H and O–H groups in total. The Balaban J connectivity index is 2.44. The molecular weight excluding hydrogens is 216 g/mol. The average molecular weight is 240 g/mol. The third-order valence-corrected chi connectivity index (χ3v) is 4.54. The number of allylic oxidation sites excluding steroid dienone is 1. The molecule has 2 atom stereocenters. The fourth-order valence-electron chi connectivity index (χ4n) is 2.07. The number of rotatable bonds is 4. The van der Waals surface area contributed by atoms with Crippen LogP contribution in [0.4, 0.5) is 0 Å². The van der Waals surface area contributed by atoms with Gasteiger partial charge in [0, 0.05) is 20.4 Å². The lowest BCUT2D eigenvalue weighted by molar-refractivity contribution is -0.127. The number of hydrogen-bond acceptors (Lipinski definition) is 2. The highest BCUT2D eigenvalue weighted by atomic mass is 28.3. The minimum absolute atomic E-state index is 0.133. The smallest absolute Gasteiger partial charge is 0.138 e. The monoisotopic (exact) mass is 240 g/mol. The summed E-state index contributed by atoms with van der Waals surface area (Å²) < 4.78 is 0. The minimum atomic E-state index is -1.07. The average Bonchev–Trinajstić information content (AvgIpc) is 2.16. The van der Waals surface area contributed by atoms with E-state index in [1.807, 2.05) is 6.08 Å². The van der Waals surface area contributed by atoms with Crippen molar-refractivity contribution in [3.8, 4) is 0 Å². The molecule has 2 unspecified atom stereocenters. The molecule has 16 heavy (non-hydrogen) atoms. The van der Waals surface area contributed by atoms with Gasteiger partial charge in [-0.1, -0.05) is 38.2 Å². The topological polar surface area (TPSA) is 37.3 Å². The maximum absolute atomic E-state index is 11.6. The fraction of sp³-hybridized carbons (Fsp3) is 0.769. The molecule has 0 heterocycles. The lowest BCUT2D eigenvalue weighted by Crippen LogP contribution is -2.29. The van der Waals surface area contributed by atoms with Crippen molar-refractivity contribution in [1.29, 1.82) is 0 Å². The predicted octanol–water partition coefficient (Wildman–Crippen LogP) is 3.00. The zero-order valence-corrected chi connectivity index (χ0v) is 11.7. The Kier molecular flexibility index (Phi) is 4.93. The molecule has 0 radical (unpaired) electrons. The molecule has 1 aliphatic carbocycles. The van der Waals surface area contributed by atoms with Gasteiger partial charge in [0.1, 0.15) is 5.78 Å². The van der Waals surface area contributed by atoms with Crippen molar-refractivity contribution in [2.24, 2.45) is 5.92 Å². The summed E-state index contributed by atoms with van der Waals surface area (Å²) in [4.78, 5) is 11.6. The Bertz CT molecular complexity index is 266. The van der Waals surface area contributed by atoms with Gasteiger partial charge in [-0.3, -0.25) is 4.79 Å². The van der Waals surface area contributed by atoms with E-state index in [9.17, 15) is 9.90 Å². The zero-order valence-electron chi connectivity index (χ0n) is 10.7. The second-order valence-corrected chi connectivity index (χ2v) is 11.5. The number of aliphatic hydroxyl groups is 1. The largest absolute Gasteiger partial charge is 0.388 e. The minimum Gasteiger partial charge on any atom is -0.388 e. The van der Waals surface area contributed by atoms with Crippen LogP contribution in [0.2, 0.25) is 25.7 Å². The van der Waals surface area contributed by atoms with Gasteiger partial charge in [0.25, 0.3) is 0 Å². The number of carbonyl (C=O) groups excluding carboxylic acids is 1.